The van der Waals surface area contributed by atoms with Crippen LogP contribution in [0.25, 0.3) is 0 Å². The molecule has 0 aliphatic carbocycles. The minimum Gasteiger partial charge on any atom is -0.351 e. The summed E-state index contributed by atoms with van der Waals surface area (Å²) in [6.45, 7) is 8.65. The number of rotatable bonds is 9. The van der Waals surface area contributed by atoms with E-state index in [4.69, 9.17) is 16.6 Å². The van der Waals surface area contributed by atoms with E-state index in [-0.39, 0.29) is 12.0 Å². The number of hydrogen-bond donors (Lipinski definition) is 1. The zero-order chi connectivity index (χ0) is 27.3. The first-order valence-electron chi connectivity index (χ1n) is 12.4. The van der Waals surface area contributed by atoms with E-state index in [9.17, 15) is 13.2 Å². The number of halogens is 4. The SMILES string of the molecule is C=C[C@@H]1CN(c2ncccc2Cl)CCN1c1nc(Nc2ccc(C(F)(F)F)cc2)nc(N(C)CCCC)n1. The lowest BCUT2D eigenvalue weighted by Crippen LogP contribution is -2.53. The summed E-state index contributed by atoms with van der Waals surface area (Å²) in [7, 11) is 1.91. The lowest BCUT2D eigenvalue weighted by Gasteiger charge is -2.41. The number of hydrogen-bond acceptors (Lipinski definition) is 8. The Labute approximate surface area is 225 Å². The van der Waals surface area contributed by atoms with Gasteiger partial charge in [0.15, 0.2) is 0 Å². The molecule has 0 radical (unpaired) electrons. The fourth-order valence-electron chi connectivity index (χ4n) is 4.14. The maximum Gasteiger partial charge on any atom is 0.416 e. The highest BCUT2D eigenvalue weighted by Crippen LogP contribution is 2.31. The minimum absolute atomic E-state index is 0.142. The quantitative estimate of drug-likeness (QED) is 0.338. The van der Waals surface area contributed by atoms with E-state index in [1.807, 2.05) is 29.0 Å². The van der Waals surface area contributed by atoms with Crippen LogP contribution in [0, 0.1) is 0 Å². The first-order valence-corrected chi connectivity index (χ1v) is 12.7. The molecule has 1 fully saturated rings. The van der Waals surface area contributed by atoms with Crippen molar-refractivity contribution in [2.45, 2.75) is 32.0 Å². The Kier molecular flexibility index (Phi) is 8.55. The molecule has 3 aromatic rings. The van der Waals surface area contributed by atoms with Crippen LogP contribution in [0.2, 0.25) is 5.02 Å². The Morgan fingerprint density at radius 1 is 1.16 bits per heavy atom. The topological polar surface area (TPSA) is 73.3 Å². The average Bonchev–Trinajstić information content (AvgIpc) is 2.91. The van der Waals surface area contributed by atoms with Gasteiger partial charge in [-0.2, -0.15) is 28.1 Å². The Bertz CT molecular complexity index is 1240. The van der Waals surface area contributed by atoms with Crippen LogP contribution in [-0.4, -0.2) is 59.2 Å². The fraction of sp³-hybridized carbons (Fsp3) is 0.385. The minimum atomic E-state index is -4.41. The third-order valence-corrected chi connectivity index (χ3v) is 6.55. The standard InChI is InChI=1S/C26H30ClF3N8/c1-4-6-14-36(3)24-33-23(32-19-11-9-18(10-12-19)26(28,29)30)34-25(35-24)38-16-15-37(17-20(38)5-2)22-21(27)8-7-13-31-22/h5,7-13,20H,2,4,6,14-17H2,1,3H3,(H,32,33,34,35)/t20-/m1/s1. The van der Waals surface area contributed by atoms with Crippen molar-refractivity contribution in [3.05, 3.63) is 65.8 Å². The van der Waals surface area contributed by atoms with Crippen molar-refractivity contribution in [3.63, 3.8) is 0 Å². The predicted octanol–water partition coefficient (Wildman–Crippen LogP) is 5.80. The van der Waals surface area contributed by atoms with Crippen LogP contribution >= 0.6 is 11.6 Å². The van der Waals surface area contributed by atoms with Gasteiger partial charge in [0.2, 0.25) is 17.8 Å². The summed E-state index contributed by atoms with van der Waals surface area (Å²) in [6, 6.07) is 8.21. The number of anilines is 5. The molecule has 0 unspecified atom stereocenters. The molecule has 0 bridgehead atoms. The summed E-state index contributed by atoms with van der Waals surface area (Å²) in [4.78, 5) is 24.4. The highest BCUT2D eigenvalue weighted by molar-refractivity contribution is 6.32. The summed E-state index contributed by atoms with van der Waals surface area (Å²) >= 11 is 6.38. The summed E-state index contributed by atoms with van der Waals surface area (Å²) in [5, 5.41) is 3.62. The number of unbranched alkanes of at least 4 members (excludes halogenated alkanes) is 1. The van der Waals surface area contributed by atoms with Gasteiger partial charge in [-0.3, -0.25) is 0 Å². The van der Waals surface area contributed by atoms with Crippen LogP contribution in [0.15, 0.2) is 55.3 Å². The molecule has 2 aromatic heterocycles. The highest BCUT2D eigenvalue weighted by atomic mass is 35.5. The first kappa shape index (κ1) is 27.4. The molecule has 1 aliphatic rings. The number of piperazine rings is 1. The van der Waals surface area contributed by atoms with E-state index in [2.05, 4.69) is 38.7 Å². The molecule has 3 heterocycles. The van der Waals surface area contributed by atoms with E-state index in [1.54, 1.807) is 12.3 Å². The van der Waals surface area contributed by atoms with Gasteiger partial charge in [-0.1, -0.05) is 31.0 Å². The van der Waals surface area contributed by atoms with Gasteiger partial charge in [-0.25, -0.2) is 4.98 Å². The summed E-state index contributed by atoms with van der Waals surface area (Å²) in [5.41, 5.74) is -0.286. The van der Waals surface area contributed by atoms with Crippen LogP contribution in [-0.2, 0) is 6.18 Å². The number of aromatic nitrogens is 4. The number of pyridine rings is 1. The van der Waals surface area contributed by atoms with Crippen molar-refractivity contribution < 1.29 is 13.2 Å². The number of nitrogens with zero attached hydrogens (tertiary/aromatic N) is 7. The maximum atomic E-state index is 13.0. The van der Waals surface area contributed by atoms with Gasteiger partial charge in [0.1, 0.15) is 5.82 Å². The van der Waals surface area contributed by atoms with Gasteiger partial charge in [-0.15, -0.1) is 6.58 Å². The molecule has 12 heteroatoms. The van der Waals surface area contributed by atoms with Crippen molar-refractivity contribution in [1.82, 2.24) is 19.9 Å². The van der Waals surface area contributed by atoms with Crippen LogP contribution < -0.4 is 20.0 Å². The van der Waals surface area contributed by atoms with Crippen LogP contribution in [0.5, 0.6) is 0 Å². The lowest BCUT2D eigenvalue weighted by atomic mass is 10.1. The molecular weight excluding hydrogens is 517 g/mol. The normalized spacial score (nSPS) is 15.9. The average molecular weight is 547 g/mol. The molecule has 1 aromatic carbocycles. The zero-order valence-corrected chi connectivity index (χ0v) is 22.0. The molecule has 202 valence electrons. The predicted molar refractivity (Wildman–Crippen MR) is 146 cm³/mol. The first-order chi connectivity index (χ1) is 18.2. The summed E-state index contributed by atoms with van der Waals surface area (Å²) < 4.78 is 39.0. The van der Waals surface area contributed by atoms with Gasteiger partial charge < -0.3 is 20.0 Å². The maximum absolute atomic E-state index is 13.0. The van der Waals surface area contributed by atoms with Crippen LogP contribution in [0.3, 0.4) is 0 Å². The Hall–Kier alpha value is -3.60. The van der Waals surface area contributed by atoms with E-state index in [1.165, 1.54) is 12.1 Å². The van der Waals surface area contributed by atoms with E-state index in [0.29, 0.717) is 48.1 Å². The van der Waals surface area contributed by atoms with Gasteiger partial charge >= 0.3 is 6.18 Å². The Morgan fingerprint density at radius 2 is 1.92 bits per heavy atom. The third-order valence-electron chi connectivity index (χ3n) is 6.25. The largest absolute Gasteiger partial charge is 0.416 e. The molecule has 4 rings (SSSR count). The molecule has 1 saturated heterocycles. The molecule has 8 nitrogen and oxygen atoms in total. The Morgan fingerprint density at radius 3 is 2.58 bits per heavy atom. The molecular formula is C26H30ClF3N8. The molecule has 0 amide bonds. The van der Waals surface area contributed by atoms with Crippen molar-refractivity contribution in [1.29, 1.82) is 0 Å². The van der Waals surface area contributed by atoms with Crippen molar-refractivity contribution in [2.24, 2.45) is 0 Å². The number of nitrogens with one attached hydrogen (secondary N) is 1. The molecule has 38 heavy (non-hydrogen) atoms. The summed E-state index contributed by atoms with van der Waals surface area (Å²) in [5.74, 6) is 1.87. The van der Waals surface area contributed by atoms with Crippen molar-refractivity contribution >= 4 is 41.0 Å². The van der Waals surface area contributed by atoms with Crippen molar-refractivity contribution in [3.8, 4) is 0 Å². The molecule has 0 spiro atoms. The third kappa shape index (κ3) is 6.45. The second kappa shape index (κ2) is 11.8. The van der Waals surface area contributed by atoms with E-state index >= 15 is 0 Å². The fourth-order valence-corrected chi connectivity index (χ4v) is 4.38. The monoisotopic (exact) mass is 546 g/mol. The second-order valence-electron chi connectivity index (χ2n) is 8.99. The molecule has 1 N–H and O–H groups in total. The molecule has 0 saturated carbocycles. The second-order valence-corrected chi connectivity index (χ2v) is 9.39. The van der Waals surface area contributed by atoms with Gasteiger partial charge in [0.05, 0.1) is 16.6 Å². The van der Waals surface area contributed by atoms with E-state index in [0.717, 1.165) is 31.5 Å². The highest BCUT2D eigenvalue weighted by Gasteiger charge is 2.31. The van der Waals surface area contributed by atoms with Gasteiger partial charge in [-0.05, 0) is 42.8 Å². The Balaban J connectivity index is 1.62. The summed E-state index contributed by atoms with van der Waals surface area (Å²) in [6.07, 6.45) is 1.10. The lowest BCUT2D eigenvalue weighted by molar-refractivity contribution is -0.137. The van der Waals surface area contributed by atoms with Gasteiger partial charge in [0, 0.05) is 45.1 Å². The molecule has 1 atom stereocenters. The van der Waals surface area contributed by atoms with Crippen LogP contribution in [0.4, 0.5) is 42.5 Å². The zero-order valence-electron chi connectivity index (χ0n) is 21.3. The smallest absolute Gasteiger partial charge is 0.351 e. The van der Waals surface area contributed by atoms with Crippen LogP contribution in [0.1, 0.15) is 25.3 Å². The molecule has 1 aliphatic heterocycles. The number of benzene rings is 1. The number of alkyl halides is 3. The van der Waals surface area contributed by atoms with E-state index < -0.39 is 11.7 Å². The van der Waals surface area contributed by atoms with Crippen molar-refractivity contribution in [2.75, 3.05) is 53.2 Å². The van der Waals surface area contributed by atoms with Gasteiger partial charge in [0.25, 0.3) is 0 Å².